The maximum Gasteiger partial charge on any atom is 0.257 e. The molecular weight excluding hydrogens is 518 g/mol. The average Bonchev–Trinajstić information content (AvgIpc) is 3.65. The van der Waals surface area contributed by atoms with Gasteiger partial charge in [0, 0.05) is 74.4 Å². The first-order chi connectivity index (χ1) is 20.1. The number of hydrogen-bond donors (Lipinski definition) is 3. The van der Waals surface area contributed by atoms with Crippen molar-refractivity contribution in [3.8, 4) is 11.1 Å². The van der Waals surface area contributed by atoms with E-state index >= 15 is 0 Å². The molecule has 208 valence electrons. The van der Waals surface area contributed by atoms with E-state index in [1.807, 2.05) is 41.6 Å². The molecule has 7 heterocycles. The summed E-state index contributed by atoms with van der Waals surface area (Å²) >= 11 is 0. The Labute approximate surface area is 236 Å². The van der Waals surface area contributed by atoms with Crippen molar-refractivity contribution < 1.29 is 9.59 Å². The quantitative estimate of drug-likeness (QED) is 0.306. The van der Waals surface area contributed by atoms with Gasteiger partial charge in [0.1, 0.15) is 11.5 Å². The smallest absolute Gasteiger partial charge is 0.257 e. The molecule has 2 aliphatic rings. The number of H-pyrrole nitrogens is 1. The van der Waals surface area contributed by atoms with E-state index in [0.29, 0.717) is 22.5 Å². The van der Waals surface area contributed by atoms with E-state index in [9.17, 15) is 9.59 Å². The molecule has 41 heavy (non-hydrogen) atoms. The first-order valence-electron chi connectivity index (χ1n) is 14.1. The second kappa shape index (κ2) is 10.7. The summed E-state index contributed by atoms with van der Waals surface area (Å²) in [6, 6.07) is 9.44. The predicted molar refractivity (Wildman–Crippen MR) is 157 cm³/mol. The van der Waals surface area contributed by atoms with Crippen molar-refractivity contribution in [1.82, 2.24) is 34.8 Å². The topological polar surface area (TPSA) is 124 Å². The van der Waals surface area contributed by atoms with E-state index in [2.05, 4.69) is 35.6 Å². The number of nitrogens with one attached hydrogen (secondary N) is 3. The minimum absolute atomic E-state index is 0.0265. The molecule has 0 aliphatic carbocycles. The zero-order valence-corrected chi connectivity index (χ0v) is 22.6. The molecule has 2 fully saturated rings. The number of aromatic nitrogens is 5. The van der Waals surface area contributed by atoms with Gasteiger partial charge in [-0.05, 0) is 55.2 Å². The number of aromatic amines is 1. The number of carbonyl (C=O) groups excluding carboxylic acids is 2. The van der Waals surface area contributed by atoms with Crippen molar-refractivity contribution in [2.75, 3.05) is 49.5 Å². The van der Waals surface area contributed by atoms with Gasteiger partial charge in [-0.15, -0.1) is 0 Å². The van der Waals surface area contributed by atoms with E-state index in [-0.39, 0.29) is 11.8 Å². The number of anilines is 2. The number of rotatable bonds is 5. The van der Waals surface area contributed by atoms with Gasteiger partial charge in [0.05, 0.1) is 29.2 Å². The van der Waals surface area contributed by atoms with Crippen molar-refractivity contribution >= 4 is 39.9 Å². The van der Waals surface area contributed by atoms with E-state index < -0.39 is 0 Å². The lowest BCUT2D eigenvalue weighted by atomic mass is 10.0. The Balaban J connectivity index is 1.16. The van der Waals surface area contributed by atoms with Crippen molar-refractivity contribution in [3.63, 3.8) is 0 Å². The highest BCUT2D eigenvalue weighted by Crippen LogP contribution is 2.31. The lowest BCUT2D eigenvalue weighted by Crippen LogP contribution is -2.43. The van der Waals surface area contributed by atoms with Gasteiger partial charge in [-0.1, -0.05) is 0 Å². The minimum atomic E-state index is -0.219. The zero-order chi connectivity index (χ0) is 27.8. The number of likely N-dealkylation sites (tertiary alicyclic amines) is 1. The Morgan fingerprint density at radius 1 is 0.927 bits per heavy atom. The average molecular weight is 550 g/mol. The van der Waals surface area contributed by atoms with Gasteiger partial charge in [-0.3, -0.25) is 9.59 Å². The molecule has 0 unspecified atom stereocenters. The van der Waals surface area contributed by atoms with Gasteiger partial charge in [-0.25, -0.2) is 14.5 Å². The summed E-state index contributed by atoms with van der Waals surface area (Å²) in [7, 11) is 0. The molecule has 0 atom stereocenters. The van der Waals surface area contributed by atoms with Crippen molar-refractivity contribution in [3.05, 3.63) is 72.4 Å². The molecular formula is C30H31N9O2. The molecule has 0 radical (unpaired) electrons. The summed E-state index contributed by atoms with van der Waals surface area (Å²) in [6.45, 7) is 5.07. The van der Waals surface area contributed by atoms with Crippen molar-refractivity contribution in [2.24, 2.45) is 0 Å². The van der Waals surface area contributed by atoms with Gasteiger partial charge in [0.15, 0.2) is 0 Å². The normalized spacial score (nSPS) is 15.9. The Morgan fingerprint density at radius 2 is 1.78 bits per heavy atom. The Bertz CT molecular complexity index is 1750. The molecule has 2 saturated heterocycles. The fraction of sp³-hybridized carbons (Fsp3) is 0.300. The van der Waals surface area contributed by atoms with Crippen LogP contribution in [0.4, 0.5) is 11.5 Å². The summed E-state index contributed by atoms with van der Waals surface area (Å²) in [5, 5.41) is 11.6. The number of nitrogens with zero attached hydrogens (tertiary/aromatic N) is 6. The molecule has 5 aromatic heterocycles. The van der Waals surface area contributed by atoms with Gasteiger partial charge < -0.3 is 25.4 Å². The summed E-state index contributed by atoms with van der Waals surface area (Å²) in [5.74, 6) is 0.608. The van der Waals surface area contributed by atoms with E-state index in [0.717, 1.165) is 80.0 Å². The Hall–Kier alpha value is -4.77. The van der Waals surface area contributed by atoms with Gasteiger partial charge >= 0.3 is 0 Å². The highest BCUT2D eigenvalue weighted by molar-refractivity contribution is 6.06. The lowest BCUT2D eigenvalue weighted by molar-refractivity contribution is 0.0726. The highest BCUT2D eigenvalue weighted by atomic mass is 16.2. The number of hydrogen-bond acceptors (Lipinski definition) is 7. The van der Waals surface area contributed by atoms with Crippen LogP contribution in [0.2, 0.25) is 0 Å². The highest BCUT2D eigenvalue weighted by Gasteiger charge is 2.22. The maximum absolute atomic E-state index is 13.3. The summed E-state index contributed by atoms with van der Waals surface area (Å²) in [6.07, 6.45) is 12.0. The summed E-state index contributed by atoms with van der Waals surface area (Å²) in [5.41, 5.74) is 5.07. The third kappa shape index (κ3) is 4.89. The standard InChI is InChI=1S/C30H31N9O2/c40-29(21-4-6-32-27(15-21)37-12-7-31-8-13-37)36-22-16-23-24(18-34-28(23)33-17-22)20-5-11-39-26(14-20)25(19-35-39)30(41)38-9-2-1-3-10-38/h4-6,11,14-19,31H,1-3,7-10,12-13H2,(H,33,34)(H,36,40). The molecule has 2 aliphatic heterocycles. The molecule has 7 rings (SSSR count). The van der Waals surface area contributed by atoms with E-state index in [1.165, 1.54) is 6.42 Å². The number of fused-ring (bicyclic) bond motifs is 2. The van der Waals surface area contributed by atoms with Gasteiger partial charge in [0.2, 0.25) is 0 Å². The number of carbonyl (C=O) groups is 2. The van der Waals surface area contributed by atoms with Crippen molar-refractivity contribution in [2.45, 2.75) is 19.3 Å². The molecule has 0 bridgehead atoms. The zero-order valence-electron chi connectivity index (χ0n) is 22.6. The molecule has 0 spiro atoms. The Kier molecular flexibility index (Phi) is 6.56. The fourth-order valence-corrected chi connectivity index (χ4v) is 5.72. The lowest BCUT2D eigenvalue weighted by Gasteiger charge is -2.28. The fourth-order valence-electron chi connectivity index (χ4n) is 5.72. The van der Waals surface area contributed by atoms with E-state index in [1.54, 1.807) is 29.2 Å². The monoisotopic (exact) mass is 549 g/mol. The first kappa shape index (κ1) is 25.2. The van der Waals surface area contributed by atoms with Crippen LogP contribution in [-0.2, 0) is 0 Å². The van der Waals surface area contributed by atoms with Gasteiger partial charge in [0.25, 0.3) is 11.8 Å². The van der Waals surface area contributed by atoms with Crippen LogP contribution in [0.5, 0.6) is 0 Å². The van der Waals surface area contributed by atoms with Crippen LogP contribution in [0.1, 0.15) is 40.0 Å². The largest absolute Gasteiger partial charge is 0.354 e. The molecule has 11 heteroatoms. The van der Waals surface area contributed by atoms with Crippen LogP contribution < -0.4 is 15.5 Å². The minimum Gasteiger partial charge on any atom is -0.354 e. The summed E-state index contributed by atoms with van der Waals surface area (Å²) < 4.78 is 1.74. The molecule has 0 aromatic carbocycles. The number of amides is 2. The van der Waals surface area contributed by atoms with E-state index in [4.69, 9.17) is 0 Å². The Morgan fingerprint density at radius 3 is 2.63 bits per heavy atom. The molecule has 0 saturated carbocycles. The number of piperazine rings is 1. The summed E-state index contributed by atoms with van der Waals surface area (Å²) in [4.78, 5) is 42.8. The van der Waals surface area contributed by atoms with Crippen LogP contribution in [0.25, 0.3) is 27.7 Å². The number of piperidine rings is 1. The molecule has 3 N–H and O–H groups in total. The second-order valence-corrected chi connectivity index (χ2v) is 10.6. The van der Waals surface area contributed by atoms with Crippen LogP contribution in [-0.4, -0.2) is 80.5 Å². The first-order valence-corrected chi connectivity index (χ1v) is 14.1. The van der Waals surface area contributed by atoms with Crippen molar-refractivity contribution in [1.29, 1.82) is 0 Å². The van der Waals surface area contributed by atoms with Crippen LogP contribution in [0, 0.1) is 0 Å². The number of pyridine rings is 3. The maximum atomic E-state index is 13.3. The third-order valence-corrected chi connectivity index (χ3v) is 7.94. The third-order valence-electron chi connectivity index (χ3n) is 7.94. The van der Waals surface area contributed by atoms with Gasteiger partial charge in [-0.2, -0.15) is 5.10 Å². The SMILES string of the molecule is O=C(Nc1cnc2[nH]cc(-c3ccn4ncc(C(=O)N5CCCCC5)c4c3)c2c1)c1ccnc(N2CCNCC2)c1. The predicted octanol–water partition coefficient (Wildman–Crippen LogP) is 3.56. The van der Waals surface area contributed by atoms with Crippen LogP contribution in [0.15, 0.2) is 61.3 Å². The molecule has 2 amide bonds. The van der Waals surface area contributed by atoms with Crippen LogP contribution in [0.3, 0.4) is 0 Å². The molecule has 11 nitrogen and oxygen atoms in total. The second-order valence-electron chi connectivity index (χ2n) is 10.6. The van der Waals surface area contributed by atoms with Crippen LogP contribution >= 0.6 is 0 Å². The molecule has 5 aromatic rings.